The van der Waals surface area contributed by atoms with E-state index in [0.29, 0.717) is 24.2 Å². The maximum atomic E-state index is 12.3. The Kier molecular flexibility index (Phi) is 4.36. The van der Waals surface area contributed by atoms with E-state index in [4.69, 9.17) is 5.73 Å². The smallest absolute Gasteiger partial charge is 0.389 e. The topological polar surface area (TPSA) is 63.4 Å². The minimum atomic E-state index is -4.33. The Hall–Kier alpha value is -1.44. The molecule has 21 heavy (non-hydrogen) atoms. The predicted molar refractivity (Wildman–Crippen MR) is 75.6 cm³/mol. The molecule has 1 aromatic rings. The van der Waals surface area contributed by atoms with Gasteiger partial charge in [-0.25, -0.2) is 8.42 Å². The molecule has 0 saturated carbocycles. The first kappa shape index (κ1) is 15.9. The molecule has 0 saturated heterocycles. The Bertz CT molecular complexity index is 614. The van der Waals surface area contributed by atoms with Gasteiger partial charge in [0.05, 0.1) is 11.4 Å². The predicted octanol–water partition coefficient (Wildman–Crippen LogP) is 2.69. The lowest BCUT2D eigenvalue weighted by Gasteiger charge is -2.31. The van der Waals surface area contributed by atoms with Gasteiger partial charge in [0.25, 0.3) is 0 Å². The van der Waals surface area contributed by atoms with Gasteiger partial charge in [0.1, 0.15) is 0 Å². The quantitative estimate of drug-likeness (QED) is 0.867. The van der Waals surface area contributed by atoms with E-state index in [2.05, 4.69) is 0 Å². The van der Waals surface area contributed by atoms with Crippen LogP contribution in [0.5, 0.6) is 0 Å². The second kappa shape index (κ2) is 5.75. The average molecular weight is 322 g/mol. The maximum Gasteiger partial charge on any atom is 0.389 e. The molecule has 0 aromatic heterocycles. The fourth-order valence-electron chi connectivity index (χ4n) is 2.47. The van der Waals surface area contributed by atoms with Crippen molar-refractivity contribution in [3.63, 3.8) is 0 Å². The van der Waals surface area contributed by atoms with Crippen LogP contribution in [0.25, 0.3) is 0 Å². The summed E-state index contributed by atoms with van der Waals surface area (Å²) in [6, 6.07) is 4.99. The summed E-state index contributed by atoms with van der Waals surface area (Å²) in [5.74, 6) is -0.513. The van der Waals surface area contributed by atoms with Gasteiger partial charge >= 0.3 is 6.18 Å². The molecule has 0 spiro atoms. The minimum Gasteiger partial charge on any atom is -0.398 e. The number of benzene rings is 1. The van der Waals surface area contributed by atoms with Gasteiger partial charge in [-0.15, -0.1) is 0 Å². The lowest BCUT2D eigenvalue weighted by atomic mass is 10.0. The summed E-state index contributed by atoms with van der Waals surface area (Å²) in [5.41, 5.74) is 7.60. The Morgan fingerprint density at radius 3 is 2.67 bits per heavy atom. The molecule has 0 amide bonds. The molecule has 0 radical (unpaired) electrons. The van der Waals surface area contributed by atoms with E-state index in [1.807, 2.05) is 0 Å². The maximum absolute atomic E-state index is 12.3. The van der Waals surface area contributed by atoms with Gasteiger partial charge in [0.15, 0.2) is 0 Å². The van der Waals surface area contributed by atoms with Gasteiger partial charge in [-0.1, -0.05) is 6.07 Å². The van der Waals surface area contributed by atoms with Crippen LogP contribution in [0.4, 0.5) is 24.5 Å². The zero-order chi connectivity index (χ0) is 15.7. The number of halogens is 3. The number of rotatable bonds is 4. The van der Waals surface area contributed by atoms with E-state index in [1.54, 1.807) is 18.2 Å². The van der Waals surface area contributed by atoms with E-state index in [1.165, 1.54) is 4.31 Å². The van der Waals surface area contributed by atoms with Crippen LogP contribution in [0.1, 0.15) is 24.8 Å². The van der Waals surface area contributed by atoms with Crippen molar-refractivity contribution in [1.29, 1.82) is 0 Å². The fourth-order valence-corrected chi connectivity index (χ4v) is 4.08. The molecule has 8 heteroatoms. The standard InChI is InChI=1S/C13H17F3N2O2S/c14-13(15,16)7-3-9-21(19,20)18-8-2-4-10-11(17)5-1-6-12(10)18/h1,5-6H,2-4,7-9,17H2. The average Bonchev–Trinajstić information content (AvgIpc) is 2.36. The Morgan fingerprint density at radius 1 is 1.29 bits per heavy atom. The van der Waals surface area contributed by atoms with Crippen LogP contribution >= 0.6 is 0 Å². The zero-order valence-corrected chi connectivity index (χ0v) is 12.2. The van der Waals surface area contributed by atoms with Crippen LogP contribution in [-0.2, 0) is 16.4 Å². The van der Waals surface area contributed by atoms with Gasteiger partial charge in [-0.05, 0) is 37.0 Å². The Morgan fingerprint density at radius 2 is 2.00 bits per heavy atom. The van der Waals surface area contributed by atoms with Crippen molar-refractivity contribution in [2.45, 2.75) is 31.9 Å². The number of alkyl halides is 3. The second-order valence-corrected chi connectivity index (χ2v) is 7.07. The highest BCUT2D eigenvalue weighted by atomic mass is 32.2. The van der Waals surface area contributed by atoms with Gasteiger partial charge in [0, 0.05) is 18.7 Å². The SMILES string of the molecule is Nc1cccc2c1CCCN2S(=O)(=O)CCCC(F)(F)F. The molecule has 1 aromatic carbocycles. The molecule has 4 nitrogen and oxygen atoms in total. The van der Waals surface area contributed by atoms with Gasteiger partial charge in [0.2, 0.25) is 10.0 Å². The van der Waals surface area contributed by atoms with Crippen LogP contribution in [0.2, 0.25) is 0 Å². The van der Waals surface area contributed by atoms with Crippen LogP contribution in [0.3, 0.4) is 0 Å². The normalized spacial score (nSPS) is 15.9. The molecular weight excluding hydrogens is 305 g/mol. The first-order chi connectivity index (χ1) is 9.71. The third-order valence-electron chi connectivity index (χ3n) is 3.44. The number of hydrogen-bond donors (Lipinski definition) is 1. The minimum absolute atomic E-state index is 0.283. The molecule has 0 unspecified atom stereocenters. The van der Waals surface area contributed by atoms with E-state index in [0.717, 1.165) is 5.56 Å². The van der Waals surface area contributed by atoms with Crippen molar-refractivity contribution in [1.82, 2.24) is 0 Å². The number of nitrogens with two attached hydrogens (primary N) is 1. The summed E-state index contributed by atoms with van der Waals surface area (Å²) < 4.78 is 62.1. The monoisotopic (exact) mass is 322 g/mol. The summed E-state index contributed by atoms with van der Waals surface area (Å²) in [5, 5.41) is 0. The van der Waals surface area contributed by atoms with Crippen LogP contribution < -0.4 is 10.0 Å². The molecule has 0 aliphatic carbocycles. The lowest BCUT2D eigenvalue weighted by Crippen LogP contribution is -2.37. The summed E-state index contributed by atoms with van der Waals surface area (Å²) in [7, 11) is -3.76. The largest absolute Gasteiger partial charge is 0.398 e. The van der Waals surface area contributed by atoms with E-state index in [9.17, 15) is 21.6 Å². The van der Waals surface area contributed by atoms with Crippen molar-refractivity contribution < 1.29 is 21.6 Å². The summed E-state index contributed by atoms with van der Waals surface area (Å²) >= 11 is 0. The van der Waals surface area contributed by atoms with Gasteiger partial charge < -0.3 is 5.73 Å². The van der Waals surface area contributed by atoms with Crippen LogP contribution in [-0.4, -0.2) is 26.9 Å². The number of hydrogen-bond acceptors (Lipinski definition) is 3. The molecule has 1 aliphatic rings. The molecular formula is C13H17F3N2O2S. The van der Waals surface area contributed by atoms with E-state index >= 15 is 0 Å². The number of anilines is 2. The number of nitrogens with zero attached hydrogens (tertiary/aromatic N) is 1. The highest BCUT2D eigenvalue weighted by Crippen LogP contribution is 2.33. The van der Waals surface area contributed by atoms with Crippen LogP contribution in [0, 0.1) is 0 Å². The summed E-state index contributed by atoms with van der Waals surface area (Å²) in [6.45, 7) is 0.283. The third kappa shape index (κ3) is 3.81. The molecule has 118 valence electrons. The second-order valence-electron chi connectivity index (χ2n) is 5.06. The van der Waals surface area contributed by atoms with Crippen molar-refractivity contribution in [3.05, 3.63) is 23.8 Å². The van der Waals surface area contributed by atoms with Crippen molar-refractivity contribution in [2.24, 2.45) is 0 Å². The Labute approximate surface area is 121 Å². The van der Waals surface area contributed by atoms with Gasteiger partial charge in [-0.3, -0.25) is 4.31 Å². The number of fused-ring (bicyclic) bond motifs is 1. The lowest BCUT2D eigenvalue weighted by molar-refractivity contribution is -0.134. The van der Waals surface area contributed by atoms with E-state index < -0.39 is 34.8 Å². The molecule has 0 bridgehead atoms. The summed E-state index contributed by atoms with van der Waals surface area (Å²) in [6.07, 6.45) is -4.57. The highest BCUT2D eigenvalue weighted by molar-refractivity contribution is 7.92. The number of sulfonamides is 1. The van der Waals surface area contributed by atoms with Crippen LogP contribution in [0.15, 0.2) is 18.2 Å². The molecule has 0 atom stereocenters. The first-order valence-corrected chi connectivity index (χ1v) is 8.26. The fraction of sp³-hybridized carbons (Fsp3) is 0.538. The first-order valence-electron chi connectivity index (χ1n) is 6.65. The molecule has 2 rings (SSSR count). The number of nitrogen functional groups attached to an aromatic ring is 1. The summed E-state index contributed by atoms with van der Waals surface area (Å²) in [4.78, 5) is 0. The van der Waals surface area contributed by atoms with Gasteiger partial charge in [-0.2, -0.15) is 13.2 Å². The Balaban J connectivity index is 2.17. The molecule has 1 aliphatic heterocycles. The highest BCUT2D eigenvalue weighted by Gasteiger charge is 2.31. The van der Waals surface area contributed by atoms with E-state index in [-0.39, 0.29) is 6.54 Å². The van der Waals surface area contributed by atoms with Crippen molar-refractivity contribution >= 4 is 21.4 Å². The van der Waals surface area contributed by atoms with Crippen molar-refractivity contribution in [3.8, 4) is 0 Å². The van der Waals surface area contributed by atoms with Crippen molar-refractivity contribution in [2.75, 3.05) is 22.3 Å². The molecule has 1 heterocycles. The zero-order valence-electron chi connectivity index (χ0n) is 11.4. The molecule has 2 N–H and O–H groups in total. The molecule has 0 fully saturated rings. The third-order valence-corrected chi connectivity index (χ3v) is 5.30.